The van der Waals surface area contributed by atoms with Crippen LogP contribution in [0.1, 0.15) is 24.3 Å². The van der Waals surface area contributed by atoms with E-state index in [2.05, 4.69) is 9.83 Å². The first-order valence-electron chi connectivity index (χ1n) is 4.33. The Hall–Kier alpha value is -1.54. The quantitative estimate of drug-likeness (QED) is 0.631. The second-order valence-corrected chi connectivity index (χ2v) is 4.67. The lowest BCUT2D eigenvalue weighted by atomic mass is 10.3. The summed E-state index contributed by atoms with van der Waals surface area (Å²) in [5.41, 5.74) is 0.379. The Labute approximate surface area is 92.2 Å². The minimum atomic E-state index is -1.07. The van der Waals surface area contributed by atoms with E-state index >= 15 is 0 Å². The van der Waals surface area contributed by atoms with Crippen molar-refractivity contribution in [2.75, 3.05) is 0 Å². The van der Waals surface area contributed by atoms with E-state index in [0.29, 0.717) is 10.7 Å². The third-order valence-corrected chi connectivity index (χ3v) is 2.52. The van der Waals surface area contributed by atoms with Crippen molar-refractivity contribution in [2.24, 2.45) is 0 Å². The number of carbonyl (C=O) groups is 1. The molecule has 0 aliphatic carbocycles. The van der Waals surface area contributed by atoms with E-state index in [4.69, 9.17) is 11.7 Å². The van der Waals surface area contributed by atoms with Gasteiger partial charge in [-0.15, -0.1) is 11.8 Å². The highest BCUT2D eigenvalue weighted by atomic mass is 32.2. The zero-order chi connectivity index (χ0) is 11.4. The Bertz CT molecular complexity index is 424. The molecule has 0 aliphatic heterocycles. The van der Waals surface area contributed by atoms with Gasteiger partial charge in [0.05, 0.1) is 6.57 Å². The Morgan fingerprint density at radius 1 is 1.60 bits per heavy atom. The third kappa shape index (κ3) is 2.96. The summed E-state index contributed by atoms with van der Waals surface area (Å²) < 4.78 is 0. The van der Waals surface area contributed by atoms with E-state index in [9.17, 15) is 4.79 Å². The highest BCUT2D eigenvalue weighted by molar-refractivity contribution is 8.00. The Kier molecular flexibility index (Phi) is 3.69. The molecule has 0 atom stereocenters. The van der Waals surface area contributed by atoms with Gasteiger partial charge in [0.15, 0.2) is 0 Å². The van der Waals surface area contributed by atoms with Gasteiger partial charge in [0.25, 0.3) is 0 Å². The van der Waals surface area contributed by atoms with Gasteiger partial charge in [0.1, 0.15) is 10.7 Å². The molecule has 1 aromatic heterocycles. The van der Waals surface area contributed by atoms with Crippen LogP contribution in [0.5, 0.6) is 0 Å². The number of rotatable bonds is 3. The van der Waals surface area contributed by atoms with E-state index < -0.39 is 5.97 Å². The van der Waals surface area contributed by atoms with Crippen LogP contribution < -0.4 is 0 Å². The number of hydrogen-bond donors (Lipinski definition) is 1. The number of thioether (sulfide) groups is 1. The molecule has 5 heteroatoms. The van der Waals surface area contributed by atoms with Gasteiger partial charge in [-0.05, 0) is 6.07 Å². The summed E-state index contributed by atoms with van der Waals surface area (Å²) in [5.74, 6) is -1.07. The fourth-order valence-electron chi connectivity index (χ4n) is 0.947. The molecule has 0 amide bonds. The fourth-order valence-corrected chi connectivity index (χ4v) is 1.78. The molecule has 1 heterocycles. The van der Waals surface area contributed by atoms with E-state index in [1.807, 2.05) is 13.8 Å². The van der Waals surface area contributed by atoms with Crippen molar-refractivity contribution in [3.8, 4) is 0 Å². The average molecular weight is 222 g/mol. The number of hydrogen-bond acceptors (Lipinski definition) is 3. The molecular weight excluding hydrogens is 212 g/mol. The van der Waals surface area contributed by atoms with Gasteiger partial charge in [-0.3, -0.25) is 0 Å². The lowest BCUT2D eigenvalue weighted by molar-refractivity contribution is 0.0690. The van der Waals surface area contributed by atoms with Crippen LogP contribution in [-0.2, 0) is 0 Å². The number of aromatic nitrogens is 1. The largest absolute Gasteiger partial charge is 0.477 e. The van der Waals surface area contributed by atoms with Gasteiger partial charge in [0.2, 0.25) is 5.69 Å². The second kappa shape index (κ2) is 4.80. The Balaban J connectivity index is 3.14. The SMILES string of the molecule is [C-]#[N+]c1ccc(C(=O)O)nc1SC(C)C. The molecule has 1 aromatic rings. The van der Waals surface area contributed by atoms with Gasteiger partial charge in [0, 0.05) is 5.25 Å². The van der Waals surface area contributed by atoms with Crippen molar-refractivity contribution >= 4 is 23.4 Å². The summed E-state index contributed by atoms with van der Waals surface area (Å²) in [6.07, 6.45) is 0. The second-order valence-electron chi connectivity index (χ2n) is 3.10. The standard InChI is InChI=1S/C10H10N2O2S/c1-6(2)15-9-7(11-3)4-5-8(12-9)10(13)14/h4-6H,1-2H3,(H,13,14). The first-order chi connectivity index (χ1) is 7.04. The Morgan fingerprint density at radius 2 is 2.27 bits per heavy atom. The molecule has 0 fully saturated rings. The van der Waals surface area contributed by atoms with E-state index in [0.717, 1.165) is 0 Å². The van der Waals surface area contributed by atoms with Crippen LogP contribution in [0.2, 0.25) is 0 Å². The number of aromatic carboxylic acids is 1. The Morgan fingerprint density at radius 3 is 2.73 bits per heavy atom. The van der Waals surface area contributed by atoms with E-state index in [1.54, 1.807) is 0 Å². The third-order valence-electron chi connectivity index (χ3n) is 1.53. The lowest BCUT2D eigenvalue weighted by Gasteiger charge is -2.06. The summed E-state index contributed by atoms with van der Waals surface area (Å²) in [5, 5.41) is 9.51. The van der Waals surface area contributed by atoms with Crippen LogP contribution in [0.15, 0.2) is 17.2 Å². The molecule has 1 N–H and O–H groups in total. The smallest absolute Gasteiger partial charge is 0.354 e. The monoisotopic (exact) mass is 222 g/mol. The summed E-state index contributed by atoms with van der Waals surface area (Å²) in [7, 11) is 0. The molecule has 0 aliphatic rings. The molecule has 0 spiro atoms. The van der Waals surface area contributed by atoms with Crippen molar-refractivity contribution in [2.45, 2.75) is 24.1 Å². The first-order valence-corrected chi connectivity index (χ1v) is 5.21. The van der Waals surface area contributed by atoms with Crippen LogP contribution in [0, 0.1) is 6.57 Å². The van der Waals surface area contributed by atoms with Crippen LogP contribution in [0.3, 0.4) is 0 Å². The zero-order valence-corrected chi connectivity index (χ0v) is 9.21. The summed E-state index contributed by atoms with van der Waals surface area (Å²) >= 11 is 1.39. The number of carboxylic acids is 1. The van der Waals surface area contributed by atoms with Crippen LogP contribution in [0.25, 0.3) is 4.85 Å². The van der Waals surface area contributed by atoms with Crippen molar-refractivity contribution in [3.05, 3.63) is 29.2 Å². The highest BCUT2D eigenvalue weighted by Gasteiger charge is 2.11. The molecule has 0 unspecified atom stereocenters. The summed E-state index contributed by atoms with van der Waals surface area (Å²) in [6, 6.07) is 2.84. The molecule has 78 valence electrons. The van der Waals surface area contributed by atoms with Crippen molar-refractivity contribution in [1.29, 1.82) is 0 Å². The van der Waals surface area contributed by atoms with Crippen molar-refractivity contribution in [1.82, 2.24) is 4.98 Å². The number of nitrogens with zero attached hydrogens (tertiary/aromatic N) is 2. The summed E-state index contributed by atoms with van der Waals surface area (Å²) in [6.45, 7) is 10.9. The maximum absolute atomic E-state index is 10.7. The predicted octanol–water partition coefficient (Wildman–Crippen LogP) is 2.83. The number of carboxylic acid groups (broad SMARTS) is 1. The molecule has 15 heavy (non-hydrogen) atoms. The van der Waals surface area contributed by atoms with Crippen molar-refractivity contribution < 1.29 is 9.90 Å². The van der Waals surface area contributed by atoms with Crippen LogP contribution >= 0.6 is 11.8 Å². The van der Waals surface area contributed by atoms with Crippen LogP contribution in [0.4, 0.5) is 5.69 Å². The molecule has 0 saturated heterocycles. The van der Waals surface area contributed by atoms with E-state index in [-0.39, 0.29) is 10.9 Å². The van der Waals surface area contributed by atoms with Crippen LogP contribution in [-0.4, -0.2) is 21.3 Å². The maximum Gasteiger partial charge on any atom is 0.354 e. The fraction of sp³-hybridized carbons (Fsp3) is 0.300. The first kappa shape index (κ1) is 11.5. The molecule has 4 nitrogen and oxygen atoms in total. The number of pyridine rings is 1. The minimum absolute atomic E-state index is 0.0226. The normalized spacial score (nSPS) is 10.0. The predicted molar refractivity (Wildman–Crippen MR) is 58.5 cm³/mol. The summed E-state index contributed by atoms with van der Waals surface area (Å²) in [4.78, 5) is 17.9. The molecule has 0 bridgehead atoms. The highest BCUT2D eigenvalue weighted by Crippen LogP contribution is 2.30. The molecule has 0 saturated carbocycles. The van der Waals surface area contributed by atoms with Gasteiger partial charge in [-0.2, -0.15) is 0 Å². The molecular formula is C10H10N2O2S. The van der Waals surface area contributed by atoms with E-state index in [1.165, 1.54) is 23.9 Å². The van der Waals surface area contributed by atoms with Gasteiger partial charge in [-0.1, -0.05) is 19.9 Å². The van der Waals surface area contributed by atoms with Gasteiger partial charge < -0.3 is 5.11 Å². The van der Waals surface area contributed by atoms with Gasteiger partial charge >= 0.3 is 5.97 Å². The van der Waals surface area contributed by atoms with Crippen molar-refractivity contribution in [3.63, 3.8) is 0 Å². The maximum atomic E-state index is 10.7. The lowest BCUT2D eigenvalue weighted by Crippen LogP contribution is -2.01. The zero-order valence-electron chi connectivity index (χ0n) is 8.39. The minimum Gasteiger partial charge on any atom is -0.477 e. The molecule has 0 aromatic carbocycles. The molecule has 0 radical (unpaired) electrons. The van der Waals surface area contributed by atoms with Gasteiger partial charge in [-0.25, -0.2) is 14.6 Å². The average Bonchev–Trinajstić information content (AvgIpc) is 2.16. The topological polar surface area (TPSA) is 54.5 Å². The molecule has 1 rings (SSSR count).